The third-order valence-corrected chi connectivity index (χ3v) is 6.65. The molecule has 2 aliphatic heterocycles. The average Bonchev–Trinajstić information content (AvgIpc) is 2.81. The van der Waals surface area contributed by atoms with Crippen LogP contribution in [0.5, 0.6) is 28.7 Å². The maximum atomic E-state index is 13.5. The van der Waals surface area contributed by atoms with Crippen molar-refractivity contribution in [3.63, 3.8) is 0 Å². The Balaban J connectivity index is 1.87. The van der Waals surface area contributed by atoms with Crippen molar-refractivity contribution in [3.8, 4) is 28.7 Å². The number of phenols is 2. The Morgan fingerprint density at radius 1 is 1.05 bits per heavy atom. The Morgan fingerprint density at radius 3 is 2.38 bits per heavy atom. The molecule has 2 N–H and O–H groups in total. The number of ether oxygens (including phenoxy) is 3. The van der Waals surface area contributed by atoms with E-state index >= 15 is 0 Å². The number of fused-ring (bicyclic) bond motifs is 2. The summed E-state index contributed by atoms with van der Waals surface area (Å²) in [5.41, 5.74) is 4.50. The summed E-state index contributed by atoms with van der Waals surface area (Å²) in [6.45, 7) is 11.9. The van der Waals surface area contributed by atoms with Crippen molar-refractivity contribution in [2.75, 3.05) is 7.11 Å². The highest BCUT2D eigenvalue weighted by Crippen LogP contribution is 2.51. The highest BCUT2D eigenvalue weighted by atomic mass is 16.5. The molecule has 1 unspecified atom stereocenters. The molecule has 0 aromatic heterocycles. The fourth-order valence-corrected chi connectivity index (χ4v) is 4.64. The minimum atomic E-state index is -0.616. The summed E-state index contributed by atoms with van der Waals surface area (Å²) < 4.78 is 18.3. The molecule has 0 saturated carbocycles. The van der Waals surface area contributed by atoms with E-state index in [1.165, 1.54) is 7.11 Å². The van der Waals surface area contributed by atoms with Crippen LogP contribution >= 0.6 is 0 Å². The molecule has 0 radical (unpaired) electrons. The van der Waals surface area contributed by atoms with Crippen LogP contribution in [-0.4, -0.2) is 28.7 Å². The minimum absolute atomic E-state index is 0.0491. The maximum absolute atomic E-state index is 13.5. The number of phenolic OH excluding ortho intramolecular Hbond substituents is 2. The average molecular weight is 505 g/mol. The van der Waals surface area contributed by atoms with Crippen molar-refractivity contribution < 1.29 is 29.2 Å². The van der Waals surface area contributed by atoms with Crippen LogP contribution in [-0.2, 0) is 12.8 Å². The molecule has 196 valence electrons. The van der Waals surface area contributed by atoms with E-state index in [0.717, 1.165) is 22.3 Å². The molecule has 2 heterocycles. The van der Waals surface area contributed by atoms with Gasteiger partial charge in [-0.05, 0) is 84.2 Å². The van der Waals surface area contributed by atoms with E-state index < -0.39 is 11.7 Å². The summed E-state index contributed by atoms with van der Waals surface area (Å²) in [5.74, 6) is 0.950. The number of hydrogen-bond acceptors (Lipinski definition) is 6. The number of ketones is 1. The first-order valence-electron chi connectivity index (χ1n) is 12.6. The molecule has 0 saturated heterocycles. The fourth-order valence-electron chi connectivity index (χ4n) is 4.64. The van der Waals surface area contributed by atoms with Crippen molar-refractivity contribution >= 4 is 11.9 Å². The molecule has 0 spiro atoms. The van der Waals surface area contributed by atoms with Gasteiger partial charge in [-0.15, -0.1) is 0 Å². The summed E-state index contributed by atoms with van der Waals surface area (Å²) in [5, 5.41) is 21.9. The first kappa shape index (κ1) is 26.4. The van der Waals surface area contributed by atoms with Gasteiger partial charge in [-0.3, -0.25) is 4.79 Å². The van der Waals surface area contributed by atoms with E-state index in [9.17, 15) is 15.0 Å². The van der Waals surface area contributed by atoms with E-state index in [1.54, 1.807) is 6.07 Å². The van der Waals surface area contributed by atoms with E-state index in [0.29, 0.717) is 41.2 Å². The number of carbonyl (C=O) groups excluding carboxylic acids is 1. The first-order chi connectivity index (χ1) is 17.4. The zero-order chi connectivity index (χ0) is 27.1. The van der Waals surface area contributed by atoms with E-state index in [-0.39, 0.29) is 29.3 Å². The van der Waals surface area contributed by atoms with Crippen molar-refractivity contribution in [2.45, 2.75) is 72.5 Å². The summed E-state index contributed by atoms with van der Waals surface area (Å²) in [6.07, 6.45) is 8.21. The number of methoxy groups -OCH3 is 1. The molecule has 0 aliphatic carbocycles. The van der Waals surface area contributed by atoms with Gasteiger partial charge in [0.15, 0.2) is 17.3 Å². The Kier molecular flexibility index (Phi) is 7.13. The van der Waals surface area contributed by atoms with Gasteiger partial charge in [0.2, 0.25) is 0 Å². The van der Waals surface area contributed by atoms with Crippen molar-refractivity contribution in [3.05, 3.63) is 69.3 Å². The van der Waals surface area contributed by atoms with Gasteiger partial charge in [0.25, 0.3) is 0 Å². The largest absolute Gasteiger partial charge is 0.506 e. The number of hydrogen-bond donors (Lipinski definition) is 2. The molecule has 37 heavy (non-hydrogen) atoms. The molecule has 6 heteroatoms. The molecule has 2 aromatic carbocycles. The monoisotopic (exact) mass is 504 g/mol. The van der Waals surface area contributed by atoms with E-state index in [1.807, 2.05) is 65.8 Å². The molecular weight excluding hydrogens is 468 g/mol. The van der Waals surface area contributed by atoms with E-state index in [2.05, 4.69) is 6.08 Å². The fraction of sp³-hybridized carbons (Fsp3) is 0.387. The molecular formula is C31H36O6. The van der Waals surface area contributed by atoms with Crippen LogP contribution in [0.2, 0.25) is 0 Å². The van der Waals surface area contributed by atoms with Crippen LogP contribution in [0.25, 0.3) is 6.08 Å². The van der Waals surface area contributed by atoms with Gasteiger partial charge in [-0.25, -0.2) is 0 Å². The summed E-state index contributed by atoms with van der Waals surface area (Å²) in [6, 6.07) is 3.57. The Morgan fingerprint density at radius 2 is 1.73 bits per heavy atom. The Hall–Kier alpha value is -3.67. The first-order valence-corrected chi connectivity index (χ1v) is 12.6. The van der Waals surface area contributed by atoms with Crippen molar-refractivity contribution in [2.24, 2.45) is 0 Å². The molecule has 2 aliphatic rings. The minimum Gasteiger partial charge on any atom is -0.506 e. The van der Waals surface area contributed by atoms with Gasteiger partial charge in [0, 0.05) is 11.1 Å². The SMILES string of the molecule is COc1cc(C2CC(=O)c3c(O)c4c(c(CC=C(C)C)c3O2)OC(C)(C)C=C4)cc(CC=C(C)C)c1O. The van der Waals surface area contributed by atoms with Gasteiger partial charge >= 0.3 is 0 Å². The second kappa shape index (κ2) is 10.0. The van der Waals surface area contributed by atoms with Gasteiger partial charge in [0.1, 0.15) is 34.5 Å². The van der Waals surface area contributed by atoms with Crippen LogP contribution in [0.1, 0.15) is 86.7 Å². The lowest BCUT2D eigenvalue weighted by Crippen LogP contribution is -2.29. The Labute approximate surface area is 218 Å². The molecule has 4 rings (SSSR count). The van der Waals surface area contributed by atoms with Crippen molar-refractivity contribution in [1.29, 1.82) is 0 Å². The Bertz CT molecular complexity index is 1330. The number of aromatic hydroxyl groups is 2. The van der Waals surface area contributed by atoms with Gasteiger partial charge in [-0.2, -0.15) is 0 Å². The predicted molar refractivity (Wildman–Crippen MR) is 145 cm³/mol. The summed E-state index contributed by atoms with van der Waals surface area (Å²) in [7, 11) is 1.50. The zero-order valence-corrected chi connectivity index (χ0v) is 22.7. The zero-order valence-electron chi connectivity index (χ0n) is 22.7. The van der Waals surface area contributed by atoms with Crippen LogP contribution in [0.3, 0.4) is 0 Å². The highest BCUT2D eigenvalue weighted by molar-refractivity contribution is 6.05. The van der Waals surface area contributed by atoms with Gasteiger partial charge in [-0.1, -0.05) is 23.3 Å². The third-order valence-electron chi connectivity index (χ3n) is 6.65. The van der Waals surface area contributed by atoms with E-state index in [4.69, 9.17) is 14.2 Å². The molecule has 0 fully saturated rings. The molecule has 1 atom stereocenters. The molecule has 0 bridgehead atoms. The number of rotatable bonds is 6. The second-order valence-electron chi connectivity index (χ2n) is 10.7. The second-order valence-corrected chi connectivity index (χ2v) is 10.7. The smallest absolute Gasteiger partial charge is 0.174 e. The van der Waals surface area contributed by atoms with Crippen LogP contribution in [0.4, 0.5) is 0 Å². The van der Waals surface area contributed by atoms with Gasteiger partial charge < -0.3 is 24.4 Å². The van der Waals surface area contributed by atoms with Gasteiger partial charge in [0.05, 0.1) is 19.1 Å². The van der Waals surface area contributed by atoms with Crippen LogP contribution < -0.4 is 14.2 Å². The number of benzene rings is 2. The summed E-state index contributed by atoms with van der Waals surface area (Å²) >= 11 is 0. The number of carbonyl (C=O) groups is 1. The van der Waals surface area contributed by atoms with Crippen LogP contribution in [0.15, 0.2) is 41.5 Å². The maximum Gasteiger partial charge on any atom is 0.174 e. The quantitative estimate of drug-likeness (QED) is 0.412. The normalized spacial score (nSPS) is 17.2. The summed E-state index contributed by atoms with van der Waals surface area (Å²) in [4.78, 5) is 13.5. The molecule has 6 nitrogen and oxygen atoms in total. The molecule has 2 aromatic rings. The highest BCUT2D eigenvalue weighted by Gasteiger charge is 2.38. The predicted octanol–water partition coefficient (Wildman–Crippen LogP) is 7.01. The van der Waals surface area contributed by atoms with Crippen molar-refractivity contribution in [1.82, 2.24) is 0 Å². The lowest BCUT2D eigenvalue weighted by molar-refractivity contribution is 0.0839. The standard InChI is InChI=1S/C31H36O6/c1-17(2)8-10-19-14-20(15-25(35-7)27(19)33)24-16-23(32)26-28(34)21-12-13-31(5,6)37-29(21)22(30(26)36-24)11-9-18(3)4/h8-9,12-15,24,33-34H,10-11,16H2,1-7H3. The molecule has 0 amide bonds. The lowest BCUT2D eigenvalue weighted by atomic mass is 9.88. The number of allylic oxidation sites excluding steroid dienone is 4. The topological polar surface area (TPSA) is 85.2 Å². The number of Topliss-reactive ketones (excluding diaryl/α,β-unsaturated/α-hetero) is 1. The third kappa shape index (κ3) is 5.24. The van der Waals surface area contributed by atoms with Crippen LogP contribution in [0, 0.1) is 0 Å². The lowest BCUT2D eigenvalue weighted by Gasteiger charge is -2.34.